The molecule has 1 aromatic rings. The second kappa shape index (κ2) is 6.32. The van der Waals surface area contributed by atoms with Crippen LogP contribution in [-0.4, -0.2) is 35.8 Å². The third-order valence-electron chi connectivity index (χ3n) is 4.30. The highest BCUT2D eigenvalue weighted by Gasteiger charge is 2.40. The van der Waals surface area contributed by atoms with E-state index in [1.165, 1.54) is 5.75 Å². The molecule has 116 valence electrons. The first kappa shape index (κ1) is 14.8. The molecule has 1 spiro atoms. The number of amides is 2. The van der Waals surface area contributed by atoms with Gasteiger partial charge in [0.2, 0.25) is 0 Å². The van der Waals surface area contributed by atoms with E-state index in [9.17, 15) is 4.79 Å². The molecule has 2 fully saturated rings. The summed E-state index contributed by atoms with van der Waals surface area (Å²) >= 11 is 1.95. The molecule has 0 aromatic carbocycles. The van der Waals surface area contributed by atoms with Crippen molar-refractivity contribution in [3.8, 4) is 0 Å². The molecule has 0 unspecified atom stereocenters. The lowest BCUT2D eigenvalue weighted by Gasteiger charge is -2.37. The van der Waals surface area contributed by atoms with E-state index in [2.05, 4.69) is 10.6 Å². The molecule has 1 aromatic heterocycles. The molecule has 5 nitrogen and oxygen atoms in total. The number of hydrogen-bond acceptors (Lipinski definition) is 4. The van der Waals surface area contributed by atoms with Gasteiger partial charge in [0.1, 0.15) is 5.76 Å². The predicted octanol–water partition coefficient (Wildman–Crippen LogP) is 2.44. The first-order valence-electron chi connectivity index (χ1n) is 7.46. The zero-order valence-corrected chi connectivity index (χ0v) is 13.1. The normalized spacial score (nSPS) is 28.7. The summed E-state index contributed by atoms with van der Waals surface area (Å²) in [7, 11) is 0. The van der Waals surface area contributed by atoms with E-state index in [-0.39, 0.29) is 17.7 Å². The summed E-state index contributed by atoms with van der Waals surface area (Å²) in [6.45, 7) is 3.14. The van der Waals surface area contributed by atoms with E-state index >= 15 is 0 Å². The van der Waals surface area contributed by atoms with Crippen LogP contribution in [0.2, 0.25) is 0 Å². The largest absolute Gasteiger partial charge is 0.469 e. The average molecular weight is 310 g/mol. The fourth-order valence-corrected chi connectivity index (χ4v) is 4.40. The van der Waals surface area contributed by atoms with Gasteiger partial charge in [-0.15, -0.1) is 0 Å². The highest BCUT2D eigenvalue weighted by Crippen LogP contribution is 2.38. The Labute approximate surface area is 129 Å². The summed E-state index contributed by atoms with van der Waals surface area (Å²) in [5, 5.41) is 5.98. The highest BCUT2D eigenvalue weighted by atomic mass is 32.2. The minimum atomic E-state index is -0.108. The smallest absolute Gasteiger partial charge is 0.315 e. The summed E-state index contributed by atoms with van der Waals surface area (Å²) in [6.07, 6.45) is 4.57. The molecule has 3 heterocycles. The maximum Gasteiger partial charge on any atom is 0.315 e. The Morgan fingerprint density at radius 2 is 2.48 bits per heavy atom. The standard InChI is InChI=1S/C15H22N2O3S/c1-11-12(2-5-19-11)9-16-14(18)17-13-3-6-20-15(8-13)4-7-21-10-15/h2,5,13H,3-4,6-10H2,1H3,(H2,16,17,18)/t13-,15+/m0/s1. The number of thioether (sulfide) groups is 1. The SMILES string of the molecule is Cc1occc1CNC(=O)N[C@H]1CCO[C@]2(CCSC2)C1. The van der Waals surface area contributed by atoms with E-state index < -0.39 is 0 Å². The molecular formula is C15H22N2O3S. The van der Waals surface area contributed by atoms with Crippen LogP contribution in [0.25, 0.3) is 0 Å². The second-order valence-corrected chi connectivity index (χ2v) is 6.96. The molecule has 2 amide bonds. The number of aryl methyl sites for hydroxylation is 1. The molecular weight excluding hydrogens is 288 g/mol. The Morgan fingerprint density at radius 1 is 1.57 bits per heavy atom. The van der Waals surface area contributed by atoms with Crippen molar-refractivity contribution in [3.05, 3.63) is 23.7 Å². The second-order valence-electron chi connectivity index (χ2n) is 5.85. The van der Waals surface area contributed by atoms with Crippen LogP contribution in [0.3, 0.4) is 0 Å². The summed E-state index contributed by atoms with van der Waals surface area (Å²) in [5.74, 6) is 3.07. The van der Waals surface area contributed by atoms with Gasteiger partial charge in [-0.25, -0.2) is 4.79 Å². The maximum absolute atomic E-state index is 12.0. The van der Waals surface area contributed by atoms with Crippen LogP contribution in [0.4, 0.5) is 4.79 Å². The van der Waals surface area contributed by atoms with E-state index in [0.29, 0.717) is 6.54 Å². The van der Waals surface area contributed by atoms with E-state index in [1.54, 1.807) is 6.26 Å². The molecule has 0 saturated carbocycles. The molecule has 0 bridgehead atoms. The molecule has 2 aliphatic heterocycles. The Hall–Kier alpha value is -1.14. The average Bonchev–Trinajstić information content (AvgIpc) is 3.06. The molecule has 0 radical (unpaired) electrons. The molecule has 6 heteroatoms. The van der Waals surface area contributed by atoms with E-state index in [1.807, 2.05) is 24.8 Å². The Balaban J connectivity index is 1.47. The quantitative estimate of drug-likeness (QED) is 0.900. The van der Waals surface area contributed by atoms with Gasteiger partial charge in [0.15, 0.2) is 0 Å². The van der Waals surface area contributed by atoms with Gasteiger partial charge in [0, 0.05) is 30.5 Å². The Kier molecular flexibility index (Phi) is 4.45. The Bertz CT molecular complexity index is 497. The fraction of sp³-hybridized carbons (Fsp3) is 0.667. The van der Waals surface area contributed by atoms with Crippen molar-refractivity contribution in [2.75, 3.05) is 18.1 Å². The molecule has 2 N–H and O–H groups in total. The minimum absolute atomic E-state index is 0.00199. The number of hydrogen-bond donors (Lipinski definition) is 2. The molecule has 0 aliphatic carbocycles. The lowest BCUT2D eigenvalue weighted by atomic mass is 9.90. The van der Waals surface area contributed by atoms with Gasteiger partial charge in [0.25, 0.3) is 0 Å². The Morgan fingerprint density at radius 3 is 3.19 bits per heavy atom. The topological polar surface area (TPSA) is 63.5 Å². The lowest BCUT2D eigenvalue weighted by molar-refractivity contribution is -0.0684. The van der Waals surface area contributed by atoms with Gasteiger partial charge in [-0.3, -0.25) is 0 Å². The van der Waals surface area contributed by atoms with Crippen molar-refractivity contribution >= 4 is 17.8 Å². The van der Waals surface area contributed by atoms with Crippen molar-refractivity contribution in [3.63, 3.8) is 0 Å². The van der Waals surface area contributed by atoms with Gasteiger partial charge in [-0.1, -0.05) is 0 Å². The molecule has 21 heavy (non-hydrogen) atoms. The number of rotatable bonds is 3. The lowest BCUT2D eigenvalue weighted by Crippen LogP contribution is -2.50. The summed E-state index contributed by atoms with van der Waals surface area (Å²) in [4.78, 5) is 12.0. The van der Waals surface area contributed by atoms with Crippen molar-refractivity contribution in [2.24, 2.45) is 0 Å². The van der Waals surface area contributed by atoms with Crippen LogP contribution >= 0.6 is 11.8 Å². The van der Waals surface area contributed by atoms with Gasteiger partial charge in [-0.2, -0.15) is 11.8 Å². The van der Waals surface area contributed by atoms with Crippen molar-refractivity contribution < 1.29 is 13.9 Å². The fourth-order valence-electron chi connectivity index (χ4n) is 3.02. The predicted molar refractivity (Wildman–Crippen MR) is 82.5 cm³/mol. The summed E-state index contributed by atoms with van der Waals surface area (Å²) in [6, 6.07) is 1.99. The van der Waals surface area contributed by atoms with Crippen LogP contribution in [-0.2, 0) is 11.3 Å². The molecule has 3 rings (SSSR count). The zero-order valence-electron chi connectivity index (χ0n) is 12.3. The third kappa shape index (κ3) is 3.55. The van der Waals surface area contributed by atoms with Crippen molar-refractivity contribution in [2.45, 2.75) is 44.4 Å². The van der Waals surface area contributed by atoms with Crippen LogP contribution in [0.15, 0.2) is 16.7 Å². The first-order chi connectivity index (χ1) is 10.2. The third-order valence-corrected chi connectivity index (χ3v) is 5.52. The molecule has 2 saturated heterocycles. The summed E-state index contributed by atoms with van der Waals surface area (Å²) < 4.78 is 11.2. The van der Waals surface area contributed by atoms with Gasteiger partial charge in [0.05, 0.1) is 11.9 Å². The molecule has 2 atom stereocenters. The maximum atomic E-state index is 12.0. The van der Waals surface area contributed by atoms with E-state index in [0.717, 1.165) is 42.9 Å². The minimum Gasteiger partial charge on any atom is -0.469 e. The first-order valence-corrected chi connectivity index (χ1v) is 8.61. The number of urea groups is 1. The number of nitrogens with one attached hydrogen (secondary N) is 2. The van der Waals surface area contributed by atoms with Gasteiger partial charge in [-0.05, 0) is 38.0 Å². The monoisotopic (exact) mass is 310 g/mol. The number of furan rings is 1. The van der Waals surface area contributed by atoms with Crippen molar-refractivity contribution in [1.82, 2.24) is 10.6 Å². The zero-order chi connectivity index (χ0) is 14.7. The molecule has 2 aliphatic rings. The van der Waals surface area contributed by atoms with Crippen LogP contribution in [0.1, 0.15) is 30.6 Å². The van der Waals surface area contributed by atoms with E-state index in [4.69, 9.17) is 9.15 Å². The van der Waals surface area contributed by atoms with Crippen molar-refractivity contribution in [1.29, 1.82) is 0 Å². The van der Waals surface area contributed by atoms with Crippen LogP contribution in [0, 0.1) is 6.92 Å². The number of ether oxygens (including phenoxy) is 1. The van der Waals surface area contributed by atoms with Gasteiger partial charge >= 0.3 is 6.03 Å². The van der Waals surface area contributed by atoms with Crippen LogP contribution in [0.5, 0.6) is 0 Å². The highest BCUT2D eigenvalue weighted by molar-refractivity contribution is 7.99. The van der Waals surface area contributed by atoms with Crippen LogP contribution < -0.4 is 10.6 Å². The van der Waals surface area contributed by atoms with Gasteiger partial charge < -0.3 is 19.8 Å². The number of carbonyl (C=O) groups excluding carboxylic acids is 1. The summed E-state index contributed by atoms with van der Waals surface area (Å²) in [5.41, 5.74) is 1.02. The number of carbonyl (C=O) groups is 1.